The van der Waals surface area contributed by atoms with Crippen molar-refractivity contribution in [2.45, 2.75) is 19.4 Å². The van der Waals surface area contributed by atoms with E-state index in [1.807, 2.05) is 0 Å². The Balaban J connectivity index is 2.23. The van der Waals surface area contributed by atoms with Gasteiger partial charge < -0.3 is 10.0 Å². The lowest BCUT2D eigenvalue weighted by Crippen LogP contribution is -2.50. The molecule has 2 rings (SSSR count). The first-order chi connectivity index (χ1) is 9.84. The van der Waals surface area contributed by atoms with Crippen LogP contribution < -0.4 is 0 Å². The first-order valence-electron chi connectivity index (χ1n) is 6.30. The van der Waals surface area contributed by atoms with Crippen LogP contribution in [0.1, 0.15) is 24.2 Å². The summed E-state index contributed by atoms with van der Waals surface area (Å²) in [6.07, 6.45) is 3.10. The normalized spacial score (nSPS) is 11.2. The number of carbonyl (C=O) groups is 2. The fraction of sp³-hybridized carbons (Fsp3) is 0.286. The van der Waals surface area contributed by atoms with E-state index >= 15 is 0 Å². The van der Waals surface area contributed by atoms with Crippen LogP contribution in [0.3, 0.4) is 0 Å². The van der Waals surface area contributed by atoms with Gasteiger partial charge in [-0.15, -0.1) is 10.2 Å². The van der Waals surface area contributed by atoms with Crippen LogP contribution in [-0.2, 0) is 4.79 Å². The third kappa shape index (κ3) is 2.76. The molecule has 2 aromatic rings. The second-order valence-electron chi connectivity index (χ2n) is 5.14. The van der Waals surface area contributed by atoms with Crippen LogP contribution in [0.5, 0.6) is 0 Å². The van der Waals surface area contributed by atoms with Gasteiger partial charge in [0.15, 0.2) is 0 Å². The summed E-state index contributed by atoms with van der Waals surface area (Å²) in [5.74, 6) is -1.41. The molecule has 0 saturated carbocycles. The van der Waals surface area contributed by atoms with Gasteiger partial charge in [-0.3, -0.25) is 9.36 Å². The molecule has 0 aliphatic rings. The number of nitrogens with zero attached hydrogens (tertiary/aromatic N) is 4. The van der Waals surface area contributed by atoms with Crippen LogP contribution in [0.2, 0.25) is 0 Å². The molecule has 0 spiro atoms. The molecule has 0 aliphatic heterocycles. The smallest absolute Gasteiger partial charge is 0.329 e. The van der Waals surface area contributed by atoms with Crippen molar-refractivity contribution in [1.29, 1.82) is 0 Å². The number of benzene rings is 1. The first kappa shape index (κ1) is 14.7. The summed E-state index contributed by atoms with van der Waals surface area (Å²) in [5.41, 5.74) is -0.0374. The maximum atomic E-state index is 12.3. The number of rotatable bonds is 4. The molecule has 0 unspecified atom stereocenters. The van der Waals surface area contributed by atoms with Crippen molar-refractivity contribution in [3.05, 3.63) is 42.5 Å². The molecule has 1 aromatic carbocycles. The van der Waals surface area contributed by atoms with Crippen LogP contribution in [0.25, 0.3) is 5.69 Å². The van der Waals surface area contributed by atoms with Crippen molar-refractivity contribution in [3.63, 3.8) is 0 Å². The molecular weight excluding hydrogens is 272 g/mol. The van der Waals surface area contributed by atoms with E-state index in [-0.39, 0.29) is 5.91 Å². The zero-order chi connectivity index (χ0) is 15.6. The molecule has 0 saturated heterocycles. The van der Waals surface area contributed by atoms with Gasteiger partial charge in [0.05, 0.1) is 0 Å². The van der Waals surface area contributed by atoms with Gasteiger partial charge in [-0.25, -0.2) is 4.79 Å². The van der Waals surface area contributed by atoms with Gasteiger partial charge in [0.1, 0.15) is 18.2 Å². The van der Waals surface area contributed by atoms with Gasteiger partial charge in [0.2, 0.25) is 0 Å². The van der Waals surface area contributed by atoms with E-state index in [1.165, 1.54) is 25.8 Å². The fourth-order valence-corrected chi connectivity index (χ4v) is 1.70. The topological polar surface area (TPSA) is 88.3 Å². The average Bonchev–Trinajstić information content (AvgIpc) is 3.00. The average molecular weight is 288 g/mol. The maximum Gasteiger partial charge on any atom is 0.329 e. The van der Waals surface area contributed by atoms with Gasteiger partial charge in [-0.05, 0) is 38.1 Å². The van der Waals surface area contributed by atoms with Crippen LogP contribution in [0.4, 0.5) is 0 Å². The lowest BCUT2D eigenvalue weighted by Gasteiger charge is -2.31. The number of amides is 1. The van der Waals surface area contributed by atoms with E-state index in [0.29, 0.717) is 5.56 Å². The molecule has 1 amide bonds. The van der Waals surface area contributed by atoms with Crippen molar-refractivity contribution in [2.24, 2.45) is 0 Å². The minimum absolute atomic E-state index is 0.349. The van der Waals surface area contributed by atoms with Gasteiger partial charge in [-0.1, -0.05) is 0 Å². The number of carboxylic acids is 1. The number of hydrogen-bond donors (Lipinski definition) is 1. The third-order valence-electron chi connectivity index (χ3n) is 3.50. The summed E-state index contributed by atoms with van der Waals surface area (Å²) in [6.45, 7) is 2.97. The lowest BCUT2D eigenvalue weighted by molar-refractivity contribution is -0.147. The summed E-state index contributed by atoms with van der Waals surface area (Å²) < 4.78 is 1.71. The Morgan fingerprint density at radius 2 is 1.67 bits per heavy atom. The first-order valence-corrected chi connectivity index (χ1v) is 6.30. The Bertz CT molecular complexity index is 647. The second kappa shape index (κ2) is 5.35. The Hall–Kier alpha value is -2.70. The van der Waals surface area contributed by atoms with Crippen molar-refractivity contribution >= 4 is 11.9 Å². The molecule has 0 bridgehead atoms. The zero-order valence-electron chi connectivity index (χ0n) is 12.0. The standard InChI is InChI=1S/C14H16N4O3/c1-14(2,13(20)21)17(3)12(19)10-4-6-11(7-5-10)18-8-15-16-9-18/h4-9H,1-3H3,(H,20,21). The van der Waals surface area contributed by atoms with Crippen LogP contribution in [0, 0.1) is 0 Å². The minimum Gasteiger partial charge on any atom is -0.480 e. The summed E-state index contributed by atoms with van der Waals surface area (Å²) in [5, 5.41) is 16.6. The minimum atomic E-state index is -1.27. The number of aliphatic carboxylic acids is 1. The molecule has 1 aromatic heterocycles. The number of carboxylic acid groups (broad SMARTS) is 1. The summed E-state index contributed by atoms with van der Waals surface area (Å²) >= 11 is 0. The molecule has 21 heavy (non-hydrogen) atoms. The molecule has 0 aliphatic carbocycles. The van der Waals surface area contributed by atoms with Gasteiger partial charge in [0.25, 0.3) is 5.91 Å². The Morgan fingerprint density at radius 1 is 1.14 bits per heavy atom. The van der Waals surface area contributed by atoms with E-state index in [1.54, 1.807) is 41.5 Å². The zero-order valence-corrected chi connectivity index (χ0v) is 12.0. The SMILES string of the molecule is CN(C(=O)c1ccc(-n2cnnc2)cc1)C(C)(C)C(=O)O. The molecule has 1 N–H and O–H groups in total. The fourth-order valence-electron chi connectivity index (χ4n) is 1.70. The Labute approximate surface area is 121 Å². The van der Waals surface area contributed by atoms with Crippen molar-refractivity contribution in [3.8, 4) is 5.69 Å². The van der Waals surface area contributed by atoms with E-state index in [9.17, 15) is 9.59 Å². The molecule has 1 heterocycles. The molecular formula is C14H16N4O3. The highest BCUT2D eigenvalue weighted by Gasteiger charge is 2.35. The van der Waals surface area contributed by atoms with E-state index < -0.39 is 11.5 Å². The quantitative estimate of drug-likeness (QED) is 0.913. The molecule has 110 valence electrons. The van der Waals surface area contributed by atoms with E-state index in [4.69, 9.17) is 5.11 Å². The molecule has 0 radical (unpaired) electrons. The molecule has 7 nitrogen and oxygen atoms in total. The molecule has 0 atom stereocenters. The van der Waals surface area contributed by atoms with Gasteiger partial charge >= 0.3 is 5.97 Å². The number of likely N-dealkylation sites (N-methyl/N-ethyl adjacent to an activating group) is 1. The lowest BCUT2D eigenvalue weighted by atomic mass is 10.0. The number of hydrogen-bond acceptors (Lipinski definition) is 4. The monoisotopic (exact) mass is 288 g/mol. The second-order valence-corrected chi connectivity index (χ2v) is 5.14. The van der Waals surface area contributed by atoms with Crippen LogP contribution >= 0.6 is 0 Å². The van der Waals surface area contributed by atoms with Crippen molar-refractivity contribution in [2.75, 3.05) is 7.05 Å². The van der Waals surface area contributed by atoms with E-state index in [2.05, 4.69) is 10.2 Å². The van der Waals surface area contributed by atoms with Crippen molar-refractivity contribution in [1.82, 2.24) is 19.7 Å². The van der Waals surface area contributed by atoms with E-state index in [0.717, 1.165) is 5.69 Å². The third-order valence-corrected chi connectivity index (χ3v) is 3.50. The predicted octanol–water partition coefficient (Wildman–Crippen LogP) is 1.20. The summed E-state index contributed by atoms with van der Waals surface area (Å²) in [6, 6.07) is 6.79. The molecule has 0 fully saturated rings. The number of aromatic nitrogens is 3. The highest BCUT2D eigenvalue weighted by Crippen LogP contribution is 2.17. The Kier molecular flexibility index (Phi) is 3.75. The number of carbonyl (C=O) groups excluding carboxylic acids is 1. The van der Waals surface area contributed by atoms with Gasteiger partial charge in [0, 0.05) is 18.3 Å². The van der Waals surface area contributed by atoms with Crippen LogP contribution in [-0.4, -0.2) is 49.2 Å². The highest BCUT2D eigenvalue weighted by atomic mass is 16.4. The largest absolute Gasteiger partial charge is 0.480 e. The van der Waals surface area contributed by atoms with Gasteiger partial charge in [-0.2, -0.15) is 0 Å². The van der Waals surface area contributed by atoms with Crippen molar-refractivity contribution < 1.29 is 14.7 Å². The molecule has 7 heteroatoms. The predicted molar refractivity (Wildman–Crippen MR) is 75.2 cm³/mol. The summed E-state index contributed by atoms with van der Waals surface area (Å²) in [4.78, 5) is 24.7. The highest BCUT2D eigenvalue weighted by molar-refractivity contribution is 5.97. The maximum absolute atomic E-state index is 12.3. The summed E-state index contributed by atoms with van der Waals surface area (Å²) in [7, 11) is 1.48. The Morgan fingerprint density at radius 3 is 2.14 bits per heavy atom. The van der Waals surface area contributed by atoms with Crippen LogP contribution in [0.15, 0.2) is 36.9 Å².